The quantitative estimate of drug-likeness (QED) is 0.737. The minimum Gasteiger partial charge on any atom is -0.481 e. The number of benzene rings is 1. The molecule has 2 atom stereocenters. The van der Waals surface area contributed by atoms with E-state index in [1.807, 2.05) is 31.2 Å². The molecule has 1 saturated heterocycles. The minimum absolute atomic E-state index is 0.0315. The fourth-order valence-corrected chi connectivity index (χ4v) is 4.40. The number of carboxylic acid groups (broad SMARTS) is 1. The zero-order valence-corrected chi connectivity index (χ0v) is 16.0. The van der Waals surface area contributed by atoms with Crippen LogP contribution in [0.3, 0.4) is 0 Å². The van der Waals surface area contributed by atoms with E-state index in [4.69, 9.17) is 0 Å². The molecule has 0 spiro atoms. The molecular weight excluding hydrogens is 356 g/mol. The molecular formula is C18H26N2O5S. The van der Waals surface area contributed by atoms with Crippen LogP contribution in [0.15, 0.2) is 24.3 Å². The number of rotatable bonds is 7. The number of amides is 1. The molecule has 26 heavy (non-hydrogen) atoms. The number of hydrogen-bond acceptors (Lipinski definition) is 4. The minimum atomic E-state index is -3.47. The van der Waals surface area contributed by atoms with E-state index in [1.54, 1.807) is 0 Å². The summed E-state index contributed by atoms with van der Waals surface area (Å²) in [6.45, 7) is 2.22. The van der Waals surface area contributed by atoms with Crippen LogP contribution < -0.4 is 5.32 Å². The smallest absolute Gasteiger partial charge is 0.308 e. The molecule has 2 N–H and O–H groups in total. The van der Waals surface area contributed by atoms with E-state index >= 15 is 0 Å². The summed E-state index contributed by atoms with van der Waals surface area (Å²) in [4.78, 5) is 24.0. The predicted octanol–water partition coefficient (Wildman–Crippen LogP) is 1.17. The van der Waals surface area contributed by atoms with E-state index in [-0.39, 0.29) is 6.54 Å². The Bertz CT molecular complexity index is 763. The largest absolute Gasteiger partial charge is 0.481 e. The molecule has 7 nitrogen and oxygen atoms in total. The van der Waals surface area contributed by atoms with Gasteiger partial charge in [-0.3, -0.25) is 9.59 Å². The molecule has 0 aromatic heterocycles. The van der Waals surface area contributed by atoms with Crippen LogP contribution in [0.1, 0.15) is 30.4 Å². The average molecular weight is 382 g/mol. The Morgan fingerprint density at radius 2 is 2.08 bits per heavy atom. The number of nitrogens with zero attached hydrogens (tertiary/aromatic N) is 1. The average Bonchev–Trinajstić information content (AvgIpc) is 2.57. The number of aryl methyl sites for hydroxylation is 1. The second-order valence-electron chi connectivity index (χ2n) is 6.86. The molecule has 2 rings (SSSR count). The lowest BCUT2D eigenvalue weighted by atomic mass is 9.97. The molecule has 144 valence electrons. The zero-order valence-electron chi connectivity index (χ0n) is 15.1. The van der Waals surface area contributed by atoms with Crippen molar-refractivity contribution in [1.82, 2.24) is 9.62 Å². The van der Waals surface area contributed by atoms with E-state index in [9.17, 15) is 23.1 Å². The van der Waals surface area contributed by atoms with E-state index in [2.05, 4.69) is 5.32 Å². The molecule has 8 heteroatoms. The predicted molar refractivity (Wildman–Crippen MR) is 98.2 cm³/mol. The highest BCUT2D eigenvalue weighted by Gasteiger charge is 2.34. The molecule has 1 aliphatic rings. The lowest BCUT2D eigenvalue weighted by Crippen LogP contribution is -2.52. The van der Waals surface area contributed by atoms with Gasteiger partial charge >= 0.3 is 5.97 Å². The van der Waals surface area contributed by atoms with Gasteiger partial charge in [0.05, 0.1) is 12.2 Å². The summed E-state index contributed by atoms with van der Waals surface area (Å²) in [7, 11) is -3.47. The van der Waals surface area contributed by atoms with Crippen molar-refractivity contribution in [3.63, 3.8) is 0 Å². The standard InChI is InChI=1S/C18H26N2O5S/c1-13-6-5-7-14(10-13)11-15(18(22)23)12-19-17(21)16-8-3-4-9-20(16)26(2,24)25/h5-7,10,15-16H,3-4,8-9,11-12H2,1-2H3,(H,19,21)(H,22,23)/t15-,16+/m0/s1. The first-order valence-corrected chi connectivity index (χ1v) is 10.6. The third kappa shape index (κ3) is 5.54. The van der Waals surface area contributed by atoms with Gasteiger partial charge in [0.15, 0.2) is 0 Å². The third-order valence-corrected chi connectivity index (χ3v) is 5.91. The number of carboxylic acids is 1. The van der Waals surface area contributed by atoms with Gasteiger partial charge in [-0.1, -0.05) is 36.2 Å². The molecule has 0 bridgehead atoms. The highest BCUT2D eigenvalue weighted by Crippen LogP contribution is 2.20. The molecule has 1 aromatic rings. The molecule has 0 unspecified atom stereocenters. The number of carbonyl (C=O) groups is 2. The highest BCUT2D eigenvalue weighted by molar-refractivity contribution is 7.88. The van der Waals surface area contributed by atoms with Crippen molar-refractivity contribution in [3.05, 3.63) is 35.4 Å². The van der Waals surface area contributed by atoms with Gasteiger partial charge in [0.25, 0.3) is 0 Å². The Morgan fingerprint density at radius 1 is 1.35 bits per heavy atom. The first-order chi connectivity index (χ1) is 12.2. The topological polar surface area (TPSA) is 104 Å². The van der Waals surface area contributed by atoms with Gasteiger partial charge in [0.1, 0.15) is 6.04 Å². The van der Waals surface area contributed by atoms with Gasteiger partial charge in [-0.15, -0.1) is 0 Å². The van der Waals surface area contributed by atoms with Crippen LogP contribution in [0.2, 0.25) is 0 Å². The number of carbonyl (C=O) groups excluding carboxylic acids is 1. The Kier molecular flexibility index (Phi) is 6.77. The van der Waals surface area contributed by atoms with Crippen LogP contribution in [0.5, 0.6) is 0 Å². The van der Waals surface area contributed by atoms with Crippen molar-refractivity contribution >= 4 is 21.9 Å². The number of sulfonamides is 1. The number of nitrogens with one attached hydrogen (secondary N) is 1. The lowest BCUT2D eigenvalue weighted by Gasteiger charge is -2.32. The Hall–Kier alpha value is -1.93. The van der Waals surface area contributed by atoms with Crippen molar-refractivity contribution in [1.29, 1.82) is 0 Å². The molecule has 1 fully saturated rings. The van der Waals surface area contributed by atoms with E-state index < -0.39 is 33.9 Å². The fourth-order valence-electron chi connectivity index (χ4n) is 3.28. The monoisotopic (exact) mass is 382 g/mol. The van der Waals surface area contributed by atoms with Crippen LogP contribution >= 0.6 is 0 Å². The lowest BCUT2D eigenvalue weighted by molar-refractivity contribution is -0.141. The van der Waals surface area contributed by atoms with Crippen LogP contribution in [-0.4, -0.2) is 55.1 Å². The zero-order chi connectivity index (χ0) is 19.3. The number of aliphatic carboxylic acids is 1. The summed E-state index contributed by atoms with van der Waals surface area (Å²) in [5.74, 6) is -2.18. The van der Waals surface area contributed by atoms with Gasteiger partial charge < -0.3 is 10.4 Å². The van der Waals surface area contributed by atoms with Crippen molar-refractivity contribution in [3.8, 4) is 0 Å². The maximum absolute atomic E-state index is 12.5. The second-order valence-corrected chi connectivity index (χ2v) is 8.79. The van der Waals surface area contributed by atoms with Gasteiger partial charge in [-0.2, -0.15) is 4.31 Å². The Balaban J connectivity index is 2.01. The first-order valence-electron chi connectivity index (χ1n) is 8.71. The summed E-state index contributed by atoms with van der Waals surface area (Å²) in [5, 5.41) is 12.1. The SMILES string of the molecule is Cc1cccc(C[C@@H](CNC(=O)[C@H]2CCCCN2S(C)(=O)=O)C(=O)O)c1. The highest BCUT2D eigenvalue weighted by atomic mass is 32.2. The molecule has 1 aliphatic heterocycles. The fraction of sp³-hybridized carbons (Fsp3) is 0.556. The molecule has 1 amide bonds. The van der Waals surface area contributed by atoms with Crippen LogP contribution in [0.4, 0.5) is 0 Å². The normalized spacial score (nSPS) is 19.7. The summed E-state index contributed by atoms with van der Waals surface area (Å²) in [6, 6.07) is 6.83. The number of hydrogen-bond donors (Lipinski definition) is 2. The van der Waals surface area contributed by atoms with E-state index in [0.717, 1.165) is 30.2 Å². The molecule has 0 radical (unpaired) electrons. The maximum Gasteiger partial charge on any atom is 0.308 e. The summed E-state index contributed by atoms with van der Waals surface area (Å²) < 4.78 is 25.0. The van der Waals surface area contributed by atoms with Gasteiger partial charge in [0, 0.05) is 13.1 Å². The third-order valence-electron chi connectivity index (χ3n) is 4.62. The van der Waals surface area contributed by atoms with E-state index in [0.29, 0.717) is 19.4 Å². The van der Waals surface area contributed by atoms with Crippen LogP contribution in [0, 0.1) is 12.8 Å². The molecule has 1 heterocycles. The van der Waals surface area contributed by atoms with Gasteiger partial charge in [-0.25, -0.2) is 8.42 Å². The first kappa shape index (κ1) is 20.4. The Morgan fingerprint density at radius 3 is 2.69 bits per heavy atom. The summed E-state index contributed by atoms with van der Waals surface area (Å²) >= 11 is 0. The van der Waals surface area contributed by atoms with Gasteiger partial charge in [0.2, 0.25) is 15.9 Å². The summed E-state index contributed by atoms with van der Waals surface area (Å²) in [5.41, 5.74) is 1.93. The van der Waals surface area contributed by atoms with E-state index in [1.165, 1.54) is 4.31 Å². The molecule has 0 saturated carbocycles. The molecule has 0 aliphatic carbocycles. The van der Waals surface area contributed by atoms with Crippen molar-refractivity contribution in [2.75, 3.05) is 19.3 Å². The van der Waals surface area contributed by atoms with Crippen LogP contribution in [0.25, 0.3) is 0 Å². The Labute approximate surface area is 154 Å². The van der Waals surface area contributed by atoms with Gasteiger partial charge in [-0.05, 0) is 31.7 Å². The maximum atomic E-state index is 12.5. The van der Waals surface area contributed by atoms with Crippen molar-refractivity contribution in [2.24, 2.45) is 5.92 Å². The molecule has 1 aromatic carbocycles. The number of piperidine rings is 1. The van der Waals surface area contributed by atoms with Crippen molar-refractivity contribution < 1.29 is 23.1 Å². The summed E-state index contributed by atoms with van der Waals surface area (Å²) in [6.07, 6.45) is 3.35. The van der Waals surface area contributed by atoms with Crippen molar-refractivity contribution in [2.45, 2.75) is 38.6 Å². The van der Waals surface area contributed by atoms with Crippen LogP contribution in [-0.2, 0) is 26.0 Å². The second kappa shape index (κ2) is 8.64.